The van der Waals surface area contributed by atoms with E-state index in [1.54, 1.807) is 13.8 Å². The normalized spacial score (nSPS) is 24.7. The fraction of sp³-hybridized carbons (Fsp3) is 0.647. The first-order valence-electron chi connectivity index (χ1n) is 9.12. The number of nitrogens with zero attached hydrogens (tertiary/aromatic N) is 2. The first-order chi connectivity index (χ1) is 13.0. The molecule has 0 saturated carbocycles. The summed E-state index contributed by atoms with van der Waals surface area (Å²) >= 11 is 0. The number of ether oxygens (including phenoxy) is 2. The predicted molar refractivity (Wildman–Crippen MR) is 91.2 cm³/mol. The van der Waals surface area contributed by atoms with Crippen LogP contribution in [-0.2, 0) is 19.1 Å². The fourth-order valence-corrected chi connectivity index (χ4v) is 2.31. The molecule has 0 aliphatic carbocycles. The van der Waals surface area contributed by atoms with Gasteiger partial charge < -0.3 is 14.8 Å². The second-order valence-corrected chi connectivity index (χ2v) is 6.86. The summed E-state index contributed by atoms with van der Waals surface area (Å²) in [7, 11) is 0. The molecule has 1 aliphatic rings. The molecule has 1 fully saturated rings. The minimum Gasteiger partial charge on any atom is -0.453 e. The Morgan fingerprint density at radius 1 is 1.37 bits per heavy atom. The largest absolute Gasteiger partial charge is 0.453 e. The summed E-state index contributed by atoms with van der Waals surface area (Å²) in [5.74, 6) is -6.09. The first kappa shape index (κ1) is 19.4. The third-order valence-electron chi connectivity index (χ3n) is 3.92. The molecule has 27 heavy (non-hydrogen) atoms. The van der Waals surface area contributed by atoms with Crippen molar-refractivity contribution < 1.29 is 29.2 Å². The highest BCUT2D eigenvalue weighted by atomic mass is 19.3. The van der Waals surface area contributed by atoms with Crippen LogP contribution in [-0.4, -0.2) is 39.6 Å². The van der Waals surface area contributed by atoms with E-state index >= 15 is 0 Å². The molecule has 0 bridgehead atoms. The third-order valence-corrected chi connectivity index (χ3v) is 3.92. The highest BCUT2D eigenvalue weighted by Crippen LogP contribution is 2.44. The Labute approximate surface area is 156 Å². The second kappa shape index (κ2) is 7.71. The number of carbonyl (C=O) groups is 2. The van der Waals surface area contributed by atoms with Gasteiger partial charge in [-0.25, -0.2) is 4.79 Å². The molecule has 8 nitrogen and oxygen atoms in total. The maximum Gasteiger partial charge on any atom is 0.351 e. The van der Waals surface area contributed by atoms with Gasteiger partial charge >= 0.3 is 17.6 Å². The lowest BCUT2D eigenvalue weighted by Gasteiger charge is -2.24. The van der Waals surface area contributed by atoms with Gasteiger partial charge in [0.05, 0.1) is 5.92 Å². The molecule has 1 unspecified atom stereocenters. The Hall–Kier alpha value is -2.36. The van der Waals surface area contributed by atoms with Crippen molar-refractivity contribution in [1.29, 1.82) is 0 Å². The summed E-state index contributed by atoms with van der Waals surface area (Å²) in [6.07, 6.45) is -4.49. The van der Waals surface area contributed by atoms with Crippen LogP contribution in [0, 0.1) is 11.8 Å². The number of rotatable bonds is 5. The number of amides is 1. The van der Waals surface area contributed by atoms with E-state index in [-0.39, 0.29) is 17.6 Å². The summed E-state index contributed by atoms with van der Waals surface area (Å²) in [4.78, 5) is 39.3. The lowest BCUT2D eigenvalue weighted by atomic mass is 10.1. The number of esters is 1. The van der Waals surface area contributed by atoms with Crippen molar-refractivity contribution in [1.82, 2.24) is 9.55 Å². The van der Waals surface area contributed by atoms with Gasteiger partial charge in [0.2, 0.25) is 12.1 Å². The average molecular weight is 388 g/mol. The third kappa shape index (κ3) is 4.32. The number of aromatic nitrogens is 2. The average Bonchev–Trinajstić information content (AvgIpc) is 2.85. The number of halogens is 2. The van der Waals surface area contributed by atoms with Gasteiger partial charge in [-0.2, -0.15) is 13.8 Å². The van der Waals surface area contributed by atoms with Crippen molar-refractivity contribution in [3.8, 4) is 0 Å². The van der Waals surface area contributed by atoms with Crippen molar-refractivity contribution in [3.05, 3.63) is 22.7 Å². The van der Waals surface area contributed by atoms with Crippen LogP contribution in [0.3, 0.4) is 0 Å². The molecule has 2 rings (SSSR count). The Morgan fingerprint density at radius 2 is 2.04 bits per heavy atom. The Bertz CT molecular complexity index is 799. The molecule has 1 aromatic heterocycles. The van der Waals surface area contributed by atoms with Crippen molar-refractivity contribution in [2.75, 3.05) is 5.32 Å². The Balaban J connectivity index is 2.30. The number of hydrogen-bond donors (Lipinski definition) is 1. The molecule has 0 aromatic carbocycles. The standard InChI is InChI=1S/C17H23F2N3O5/c1-8(2)13(23)20-11-6-7-22(16(25)21-11)15-17(18,19)12(10(5)26-15)27-14(24)9(3)4/h6-10,12,15H,1-5H3,(H,20,21,23,25)/t10-,12?,15-/m1/s1/i5D. The molecule has 1 N–H and O–H groups in total. The number of carbonyl (C=O) groups excluding carboxylic acids is 2. The van der Waals surface area contributed by atoms with Crippen LogP contribution in [0.2, 0.25) is 0 Å². The van der Waals surface area contributed by atoms with Crippen LogP contribution >= 0.6 is 0 Å². The van der Waals surface area contributed by atoms with Gasteiger partial charge in [-0.1, -0.05) is 27.7 Å². The van der Waals surface area contributed by atoms with E-state index in [2.05, 4.69) is 10.3 Å². The van der Waals surface area contributed by atoms with E-state index in [4.69, 9.17) is 10.8 Å². The summed E-state index contributed by atoms with van der Waals surface area (Å²) in [6.45, 7) is 5.67. The molecular weight excluding hydrogens is 364 g/mol. The lowest BCUT2D eigenvalue weighted by molar-refractivity contribution is -0.179. The zero-order chi connectivity index (χ0) is 21.2. The summed E-state index contributed by atoms with van der Waals surface area (Å²) in [5, 5.41) is 2.40. The van der Waals surface area contributed by atoms with Crippen molar-refractivity contribution in [3.63, 3.8) is 0 Å². The van der Waals surface area contributed by atoms with Gasteiger partial charge in [-0.15, -0.1) is 0 Å². The molecule has 1 amide bonds. The lowest BCUT2D eigenvalue weighted by Crippen LogP contribution is -2.44. The molecule has 1 aromatic rings. The minimum absolute atomic E-state index is 0.0823. The molecule has 3 atom stereocenters. The van der Waals surface area contributed by atoms with Gasteiger partial charge in [0, 0.05) is 13.5 Å². The minimum atomic E-state index is -3.76. The van der Waals surface area contributed by atoms with Crippen molar-refractivity contribution in [2.45, 2.75) is 59.0 Å². The molecular formula is C17H23F2N3O5. The van der Waals surface area contributed by atoms with Gasteiger partial charge in [-0.05, 0) is 13.0 Å². The SMILES string of the molecule is [2H]C[C@H]1O[C@@H](n2ccc(NC(=O)C(C)C)nc2=O)C(F)(F)C1OC(=O)C(C)C. The van der Waals surface area contributed by atoms with Crippen molar-refractivity contribution >= 4 is 17.7 Å². The van der Waals surface area contributed by atoms with E-state index in [1.807, 2.05) is 0 Å². The van der Waals surface area contributed by atoms with Crippen LogP contribution in [0.1, 0.15) is 42.2 Å². The maximum atomic E-state index is 14.9. The van der Waals surface area contributed by atoms with Gasteiger partial charge in [-0.3, -0.25) is 14.2 Å². The fourth-order valence-electron chi connectivity index (χ4n) is 2.31. The molecule has 0 radical (unpaired) electrons. The number of anilines is 1. The molecule has 1 saturated heterocycles. The van der Waals surface area contributed by atoms with E-state index in [0.29, 0.717) is 4.57 Å². The van der Waals surface area contributed by atoms with Crippen LogP contribution in [0.25, 0.3) is 0 Å². The van der Waals surface area contributed by atoms with E-state index < -0.39 is 48.8 Å². The Kier molecular flexibility index (Phi) is 5.54. The van der Waals surface area contributed by atoms with Gasteiger partial charge in [0.25, 0.3) is 0 Å². The van der Waals surface area contributed by atoms with Crippen molar-refractivity contribution in [2.24, 2.45) is 11.8 Å². The van der Waals surface area contributed by atoms with Crippen LogP contribution < -0.4 is 11.0 Å². The first-order valence-corrected chi connectivity index (χ1v) is 8.42. The molecule has 1 aliphatic heterocycles. The summed E-state index contributed by atoms with van der Waals surface area (Å²) in [6, 6.07) is 1.18. The van der Waals surface area contributed by atoms with Gasteiger partial charge in [0.1, 0.15) is 11.9 Å². The highest BCUT2D eigenvalue weighted by Gasteiger charge is 2.61. The second-order valence-electron chi connectivity index (χ2n) is 6.86. The Morgan fingerprint density at radius 3 is 2.56 bits per heavy atom. The maximum absolute atomic E-state index is 14.9. The van der Waals surface area contributed by atoms with Gasteiger partial charge in [0.15, 0.2) is 6.10 Å². The topological polar surface area (TPSA) is 99.5 Å². The van der Waals surface area contributed by atoms with Crippen LogP contribution in [0.15, 0.2) is 17.1 Å². The van der Waals surface area contributed by atoms with E-state index in [0.717, 1.165) is 6.20 Å². The monoisotopic (exact) mass is 388 g/mol. The summed E-state index contributed by atoms with van der Waals surface area (Å²) in [5.41, 5.74) is -1.08. The highest BCUT2D eigenvalue weighted by molar-refractivity contribution is 5.91. The zero-order valence-electron chi connectivity index (χ0n) is 16.4. The molecule has 0 spiro atoms. The van der Waals surface area contributed by atoms with Crippen LogP contribution in [0.4, 0.5) is 14.6 Å². The number of alkyl halides is 2. The number of hydrogen-bond acceptors (Lipinski definition) is 6. The number of nitrogens with one attached hydrogen (secondary N) is 1. The smallest absolute Gasteiger partial charge is 0.351 e. The van der Waals surface area contributed by atoms with Crippen LogP contribution in [0.5, 0.6) is 0 Å². The molecule has 150 valence electrons. The van der Waals surface area contributed by atoms with E-state index in [9.17, 15) is 23.2 Å². The van der Waals surface area contributed by atoms with E-state index in [1.165, 1.54) is 19.9 Å². The molecule has 2 heterocycles. The zero-order valence-corrected chi connectivity index (χ0v) is 15.4. The molecule has 10 heteroatoms. The quantitative estimate of drug-likeness (QED) is 0.774. The summed E-state index contributed by atoms with van der Waals surface area (Å²) < 4.78 is 47.7. The predicted octanol–water partition coefficient (Wildman–Crippen LogP) is 1.96.